The summed E-state index contributed by atoms with van der Waals surface area (Å²) in [6.45, 7) is 4.00. The van der Waals surface area contributed by atoms with Gasteiger partial charge in [-0.3, -0.25) is 9.63 Å². The molecule has 0 bridgehead atoms. The Bertz CT molecular complexity index is 401. The first-order valence-electron chi connectivity index (χ1n) is 4.94. The summed E-state index contributed by atoms with van der Waals surface area (Å²) in [6.07, 6.45) is 0. The maximum Gasteiger partial charge on any atom is 0.278 e. The van der Waals surface area contributed by atoms with Gasteiger partial charge in [-0.2, -0.15) is 0 Å². The van der Waals surface area contributed by atoms with Crippen molar-refractivity contribution < 1.29 is 14.0 Å². The molecule has 0 radical (unpaired) electrons. The van der Waals surface area contributed by atoms with Gasteiger partial charge in [0.05, 0.1) is 22.2 Å². The van der Waals surface area contributed by atoms with Crippen LogP contribution in [0.15, 0.2) is 16.6 Å². The lowest BCUT2D eigenvalue weighted by atomic mass is 10.2. The molecule has 96 valence electrons. The van der Waals surface area contributed by atoms with Gasteiger partial charge in [0.15, 0.2) is 0 Å². The Kier molecular flexibility index (Phi) is 7.34. The van der Waals surface area contributed by atoms with Crippen molar-refractivity contribution in [3.05, 3.63) is 33.0 Å². The van der Waals surface area contributed by atoms with Crippen molar-refractivity contribution in [1.29, 1.82) is 0 Å². The quantitative estimate of drug-likeness (QED) is 0.609. The van der Waals surface area contributed by atoms with Gasteiger partial charge >= 0.3 is 0 Å². The summed E-state index contributed by atoms with van der Waals surface area (Å²) >= 11 is 8.71. The number of hydroxylamine groups is 2. The van der Waals surface area contributed by atoms with E-state index in [1.165, 1.54) is 20.2 Å². The van der Waals surface area contributed by atoms with E-state index in [-0.39, 0.29) is 15.1 Å². The van der Waals surface area contributed by atoms with Crippen molar-refractivity contribution in [2.24, 2.45) is 0 Å². The third-order valence-corrected chi connectivity index (χ3v) is 2.72. The van der Waals surface area contributed by atoms with Crippen molar-refractivity contribution >= 4 is 33.4 Å². The molecule has 0 heterocycles. The van der Waals surface area contributed by atoms with E-state index in [4.69, 9.17) is 16.4 Å². The van der Waals surface area contributed by atoms with Crippen LogP contribution in [0.5, 0.6) is 0 Å². The average Bonchev–Trinajstić information content (AvgIpc) is 2.34. The average molecular weight is 327 g/mol. The van der Waals surface area contributed by atoms with Crippen LogP contribution in [-0.4, -0.2) is 25.1 Å². The maximum absolute atomic E-state index is 13.0. The second-order valence-corrected chi connectivity index (χ2v) is 3.99. The zero-order chi connectivity index (χ0) is 13.6. The SMILES string of the molecule is CC.CON(C)C(=O)c1cc(Br)c(F)cc1Cl. The third kappa shape index (κ3) is 4.26. The molecular formula is C11H14BrClFNO2. The Morgan fingerprint density at radius 3 is 2.47 bits per heavy atom. The monoisotopic (exact) mass is 325 g/mol. The Morgan fingerprint density at radius 2 is 2.00 bits per heavy atom. The van der Waals surface area contributed by atoms with E-state index in [2.05, 4.69) is 15.9 Å². The summed E-state index contributed by atoms with van der Waals surface area (Å²) in [6, 6.07) is 2.39. The molecule has 0 aliphatic carbocycles. The number of nitrogens with zero attached hydrogens (tertiary/aromatic N) is 1. The van der Waals surface area contributed by atoms with E-state index in [9.17, 15) is 9.18 Å². The molecule has 3 nitrogen and oxygen atoms in total. The van der Waals surface area contributed by atoms with Crippen LogP contribution in [0.4, 0.5) is 4.39 Å². The fourth-order valence-corrected chi connectivity index (χ4v) is 1.51. The van der Waals surface area contributed by atoms with Crippen molar-refractivity contribution in [2.45, 2.75) is 13.8 Å². The second kappa shape index (κ2) is 7.63. The van der Waals surface area contributed by atoms with Crippen LogP contribution >= 0.6 is 27.5 Å². The number of amides is 1. The molecule has 1 rings (SSSR count). The fourth-order valence-electron chi connectivity index (χ4n) is 0.939. The van der Waals surface area contributed by atoms with E-state index < -0.39 is 11.7 Å². The van der Waals surface area contributed by atoms with Gasteiger partial charge in [0.1, 0.15) is 5.82 Å². The highest BCUT2D eigenvalue weighted by atomic mass is 79.9. The van der Waals surface area contributed by atoms with Crippen LogP contribution < -0.4 is 0 Å². The summed E-state index contributed by atoms with van der Waals surface area (Å²) < 4.78 is 13.2. The maximum atomic E-state index is 13.0. The second-order valence-electron chi connectivity index (χ2n) is 2.73. The molecule has 0 saturated heterocycles. The molecule has 0 N–H and O–H groups in total. The number of hydrogen-bond donors (Lipinski definition) is 0. The van der Waals surface area contributed by atoms with Gasteiger partial charge in [0.2, 0.25) is 0 Å². The number of carbonyl (C=O) groups excluding carboxylic acids is 1. The largest absolute Gasteiger partial charge is 0.278 e. The van der Waals surface area contributed by atoms with Gasteiger partial charge in [-0.1, -0.05) is 25.4 Å². The number of benzene rings is 1. The molecule has 0 spiro atoms. The van der Waals surface area contributed by atoms with Crippen LogP contribution in [0.1, 0.15) is 24.2 Å². The van der Waals surface area contributed by atoms with Crippen LogP contribution in [0, 0.1) is 5.82 Å². The zero-order valence-corrected chi connectivity index (χ0v) is 12.4. The number of hydrogen-bond acceptors (Lipinski definition) is 2. The van der Waals surface area contributed by atoms with Gasteiger partial charge in [0, 0.05) is 7.05 Å². The fraction of sp³-hybridized carbons (Fsp3) is 0.364. The summed E-state index contributed by atoms with van der Waals surface area (Å²) in [5.41, 5.74) is 0.175. The lowest BCUT2D eigenvalue weighted by molar-refractivity contribution is -0.0756. The minimum absolute atomic E-state index is 0.0459. The summed E-state index contributed by atoms with van der Waals surface area (Å²) in [5.74, 6) is -0.959. The zero-order valence-electron chi connectivity index (χ0n) is 10.1. The summed E-state index contributed by atoms with van der Waals surface area (Å²) in [7, 11) is 2.79. The van der Waals surface area contributed by atoms with Crippen molar-refractivity contribution in [2.75, 3.05) is 14.2 Å². The lowest BCUT2D eigenvalue weighted by Crippen LogP contribution is -2.25. The Labute approximate surface area is 114 Å². The first kappa shape index (κ1) is 16.4. The molecule has 0 unspecified atom stereocenters. The number of rotatable bonds is 2. The lowest BCUT2D eigenvalue weighted by Gasteiger charge is -2.14. The third-order valence-electron chi connectivity index (χ3n) is 1.80. The van der Waals surface area contributed by atoms with Crippen LogP contribution in [0.3, 0.4) is 0 Å². The Morgan fingerprint density at radius 1 is 1.47 bits per heavy atom. The molecule has 1 amide bonds. The molecule has 0 aromatic heterocycles. The molecule has 17 heavy (non-hydrogen) atoms. The molecule has 0 aliphatic rings. The van der Waals surface area contributed by atoms with Crippen LogP contribution in [-0.2, 0) is 4.84 Å². The van der Waals surface area contributed by atoms with Crippen LogP contribution in [0.25, 0.3) is 0 Å². The Balaban J connectivity index is 0.00000121. The van der Waals surface area contributed by atoms with E-state index in [1.807, 2.05) is 13.8 Å². The van der Waals surface area contributed by atoms with Gasteiger partial charge in [-0.05, 0) is 28.1 Å². The molecular weight excluding hydrogens is 312 g/mol. The van der Waals surface area contributed by atoms with Gasteiger partial charge in [0.25, 0.3) is 5.91 Å². The van der Waals surface area contributed by atoms with Gasteiger partial charge < -0.3 is 0 Å². The topological polar surface area (TPSA) is 29.5 Å². The predicted molar refractivity (Wildman–Crippen MR) is 69.6 cm³/mol. The molecule has 0 saturated carbocycles. The predicted octanol–water partition coefficient (Wildman–Crippen LogP) is 3.90. The standard InChI is InChI=1S/C9H8BrClFNO2.C2H6/c1-13(15-2)9(14)5-3-6(10)8(12)4-7(5)11;1-2/h3-4H,1-2H3;1-2H3. The first-order chi connectivity index (χ1) is 7.97. The van der Waals surface area contributed by atoms with E-state index in [0.29, 0.717) is 0 Å². The molecule has 1 aromatic carbocycles. The number of halogens is 3. The molecule has 0 aliphatic heterocycles. The normalized spacial score (nSPS) is 9.35. The van der Waals surface area contributed by atoms with Crippen molar-refractivity contribution in [3.8, 4) is 0 Å². The Hall–Kier alpha value is -0.650. The van der Waals surface area contributed by atoms with Crippen molar-refractivity contribution in [1.82, 2.24) is 5.06 Å². The molecule has 0 atom stereocenters. The molecule has 6 heteroatoms. The van der Waals surface area contributed by atoms with E-state index in [1.54, 1.807) is 0 Å². The molecule has 0 fully saturated rings. The smallest absolute Gasteiger partial charge is 0.274 e. The van der Waals surface area contributed by atoms with Crippen LogP contribution in [0.2, 0.25) is 5.02 Å². The highest BCUT2D eigenvalue weighted by Crippen LogP contribution is 2.25. The molecule has 1 aromatic rings. The summed E-state index contributed by atoms with van der Waals surface area (Å²) in [4.78, 5) is 16.3. The number of carbonyl (C=O) groups is 1. The minimum Gasteiger partial charge on any atom is -0.274 e. The van der Waals surface area contributed by atoms with Gasteiger partial charge in [-0.15, -0.1) is 0 Å². The summed E-state index contributed by atoms with van der Waals surface area (Å²) in [5, 5.41) is 1.05. The van der Waals surface area contributed by atoms with E-state index in [0.717, 1.165) is 11.1 Å². The van der Waals surface area contributed by atoms with E-state index >= 15 is 0 Å². The minimum atomic E-state index is -0.517. The van der Waals surface area contributed by atoms with Crippen molar-refractivity contribution in [3.63, 3.8) is 0 Å². The highest BCUT2D eigenvalue weighted by molar-refractivity contribution is 9.10. The highest BCUT2D eigenvalue weighted by Gasteiger charge is 2.17. The van der Waals surface area contributed by atoms with Gasteiger partial charge in [-0.25, -0.2) is 9.45 Å². The first-order valence-corrected chi connectivity index (χ1v) is 6.11.